The van der Waals surface area contributed by atoms with Crippen molar-refractivity contribution in [3.05, 3.63) is 66.2 Å². The molecule has 0 radical (unpaired) electrons. The highest BCUT2D eigenvalue weighted by molar-refractivity contribution is 5.96. The van der Waals surface area contributed by atoms with Crippen molar-refractivity contribution in [1.29, 1.82) is 0 Å². The van der Waals surface area contributed by atoms with Gasteiger partial charge in [0.15, 0.2) is 11.7 Å². The molecule has 156 valence electrons. The molecule has 0 saturated heterocycles. The van der Waals surface area contributed by atoms with Crippen molar-refractivity contribution < 1.29 is 14.0 Å². The Hall–Kier alpha value is -3.41. The van der Waals surface area contributed by atoms with Gasteiger partial charge in [0.25, 0.3) is 0 Å². The SMILES string of the molecule is Cc1ccc(-c2cnc(CCC(=O)Nc3cccc(NC(=O)C(C)(C)C)c3)o2)cc1. The summed E-state index contributed by atoms with van der Waals surface area (Å²) < 4.78 is 5.77. The molecule has 6 heteroatoms. The van der Waals surface area contributed by atoms with Gasteiger partial charge in [-0.25, -0.2) is 4.98 Å². The Bertz CT molecular complexity index is 1030. The van der Waals surface area contributed by atoms with Gasteiger partial charge >= 0.3 is 0 Å². The third-order valence-corrected chi connectivity index (χ3v) is 4.54. The molecule has 2 amide bonds. The number of anilines is 2. The van der Waals surface area contributed by atoms with E-state index in [-0.39, 0.29) is 18.2 Å². The molecule has 1 heterocycles. The largest absolute Gasteiger partial charge is 0.441 e. The molecule has 3 aromatic rings. The lowest BCUT2D eigenvalue weighted by molar-refractivity contribution is -0.123. The first-order valence-electron chi connectivity index (χ1n) is 9.94. The second kappa shape index (κ2) is 8.95. The number of aromatic nitrogens is 1. The fourth-order valence-corrected chi connectivity index (χ4v) is 2.71. The molecular formula is C24H27N3O3. The summed E-state index contributed by atoms with van der Waals surface area (Å²) in [7, 11) is 0. The Balaban J connectivity index is 1.54. The van der Waals surface area contributed by atoms with Gasteiger partial charge in [0.1, 0.15) is 0 Å². The molecular weight excluding hydrogens is 378 g/mol. The monoisotopic (exact) mass is 405 g/mol. The van der Waals surface area contributed by atoms with Gasteiger partial charge < -0.3 is 15.1 Å². The molecule has 0 spiro atoms. The Kier molecular flexibility index (Phi) is 6.35. The van der Waals surface area contributed by atoms with E-state index in [1.165, 1.54) is 5.56 Å². The van der Waals surface area contributed by atoms with Crippen LogP contribution in [0.5, 0.6) is 0 Å². The van der Waals surface area contributed by atoms with E-state index in [4.69, 9.17) is 4.42 Å². The van der Waals surface area contributed by atoms with Gasteiger partial charge in [-0.1, -0.05) is 56.7 Å². The lowest BCUT2D eigenvalue weighted by Gasteiger charge is -2.18. The van der Waals surface area contributed by atoms with E-state index >= 15 is 0 Å². The summed E-state index contributed by atoms with van der Waals surface area (Å²) in [6.07, 6.45) is 2.32. The van der Waals surface area contributed by atoms with Crippen LogP contribution in [0.25, 0.3) is 11.3 Å². The molecule has 0 aliphatic carbocycles. The van der Waals surface area contributed by atoms with E-state index in [0.717, 1.165) is 5.56 Å². The number of nitrogens with zero attached hydrogens (tertiary/aromatic N) is 1. The normalized spacial score (nSPS) is 11.2. The van der Waals surface area contributed by atoms with Crippen LogP contribution < -0.4 is 10.6 Å². The minimum absolute atomic E-state index is 0.0840. The lowest BCUT2D eigenvalue weighted by atomic mass is 9.95. The summed E-state index contributed by atoms with van der Waals surface area (Å²) in [6, 6.07) is 15.1. The van der Waals surface area contributed by atoms with Crippen LogP contribution >= 0.6 is 0 Å². The summed E-state index contributed by atoms with van der Waals surface area (Å²) in [5, 5.41) is 5.71. The molecule has 0 aliphatic heterocycles. The standard InChI is InChI=1S/C24H27N3O3/c1-16-8-10-17(11-9-16)20-15-25-22(30-20)13-12-21(28)26-18-6-5-7-19(14-18)27-23(29)24(2,3)4/h5-11,14-15H,12-13H2,1-4H3,(H,26,28)(H,27,29). The van der Waals surface area contributed by atoms with E-state index < -0.39 is 5.41 Å². The van der Waals surface area contributed by atoms with Gasteiger partial charge in [-0.2, -0.15) is 0 Å². The van der Waals surface area contributed by atoms with E-state index in [9.17, 15) is 9.59 Å². The smallest absolute Gasteiger partial charge is 0.229 e. The molecule has 0 aliphatic rings. The number of amides is 2. The van der Waals surface area contributed by atoms with Crippen molar-refractivity contribution in [2.45, 2.75) is 40.5 Å². The molecule has 0 fully saturated rings. The zero-order valence-corrected chi connectivity index (χ0v) is 17.8. The first-order chi connectivity index (χ1) is 14.2. The summed E-state index contributed by atoms with van der Waals surface area (Å²) >= 11 is 0. The van der Waals surface area contributed by atoms with Crippen LogP contribution in [-0.2, 0) is 16.0 Å². The van der Waals surface area contributed by atoms with Crippen LogP contribution in [0.15, 0.2) is 59.1 Å². The molecule has 1 aromatic heterocycles. The first kappa shape index (κ1) is 21.3. The van der Waals surface area contributed by atoms with Gasteiger partial charge in [-0.05, 0) is 25.1 Å². The van der Waals surface area contributed by atoms with Gasteiger partial charge in [-0.15, -0.1) is 0 Å². The highest BCUT2D eigenvalue weighted by Gasteiger charge is 2.21. The van der Waals surface area contributed by atoms with Crippen LogP contribution in [0, 0.1) is 12.3 Å². The predicted octanol–water partition coefficient (Wildman–Crippen LogP) is 5.21. The van der Waals surface area contributed by atoms with Crippen molar-refractivity contribution in [1.82, 2.24) is 4.98 Å². The highest BCUT2D eigenvalue weighted by Crippen LogP contribution is 2.22. The van der Waals surface area contributed by atoms with E-state index in [1.54, 1.807) is 30.5 Å². The zero-order valence-electron chi connectivity index (χ0n) is 17.8. The second-order valence-electron chi connectivity index (χ2n) is 8.32. The molecule has 0 saturated carbocycles. The van der Waals surface area contributed by atoms with Crippen molar-refractivity contribution in [2.75, 3.05) is 10.6 Å². The van der Waals surface area contributed by atoms with Crippen LogP contribution in [0.2, 0.25) is 0 Å². The topological polar surface area (TPSA) is 84.2 Å². The van der Waals surface area contributed by atoms with E-state index in [0.29, 0.717) is 29.4 Å². The number of nitrogens with one attached hydrogen (secondary N) is 2. The molecule has 30 heavy (non-hydrogen) atoms. The molecule has 6 nitrogen and oxygen atoms in total. The molecule has 3 rings (SSSR count). The van der Waals surface area contributed by atoms with Crippen LogP contribution in [-0.4, -0.2) is 16.8 Å². The van der Waals surface area contributed by atoms with Crippen molar-refractivity contribution in [3.63, 3.8) is 0 Å². The number of aryl methyl sites for hydroxylation is 2. The van der Waals surface area contributed by atoms with Gasteiger partial charge in [0.2, 0.25) is 11.8 Å². The number of hydrogen-bond donors (Lipinski definition) is 2. The van der Waals surface area contributed by atoms with Crippen molar-refractivity contribution >= 4 is 23.2 Å². The van der Waals surface area contributed by atoms with Crippen molar-refractivity contribution in [2.24, 2.45) is 5.41 Å². The van der Waals surface area contributed by atoms with E-state index in [2.05, 4.69) is 15.6 Å². The fourth-order valence-electron chi connectivity index (χ4n) is 2.71. The highest BCUT2D eigenvalue weighted by atomic mass is 16.4. The van der Waals surface area contributed by atoms with Gasteiger partial charge in [0, 0.05) is 35.2 Å². The Morgan fingerprint density at radius 3 is 2.33 bits per heavy atom. The maximum Gasteiger partial charge on any atom is 0.229 e. The number of carbonyl (C=O) groups excluding carboxylic acids is 2. The zero-order chi connectivity index (χ0) is 21.7. The third-order valence-electron chi connectivity index (χ3n) is 4.54. The number of hydrogen-bond acceptors (Lipinski definition) is 4. The summed E-state index contributed by atoms with van der Waals surface area (Å²) in [5.41, 5.74) is 2.91. The second-order valence-corrected chi connectivity index (χ2v) is 8.32. The minimum Gasteiger partial charge on any atom is -0.441 e. The minimum atomic E-state index is -0.493. The summed E-state index contributed by atoms with van der Waals surface area (Å²) in [5.74, 6) is 0.975. The Morgan fingerprint density at radius 2 is 1.67 bits per heavy atom. The maximum atomic E-state index is 12.3. The fraction of sp³-hybridized carbons (Fsp3) is 0.292. The van der Waals surface area contributed by atoms with Gasteiger partial charge in [-0.3, -0.25) is 9.59 Å². The number of carbonyl (C=O) groups is 2. The van der Waals surface area contributed by atoms with E-state index in [1.807, 2.05) is 52.0 Å². The molecule has 0 unspecified atom stereocenters. The lowest BCUT2D eigenvalue weighted by Crippen LogP contribution is -2.27. The number of benzene rings is 2. The Labute approximate surface area is 176 Å². The summed E-state index contributed by atoms with van der Waals surface area (Å²) in [6.45, 7) is 7.57. The first-order valence-corrected chi connectivity index (χ1v) is 9.94. The quantitative estimate of drug-likeness (QED) is 0.590. The van der Waals surface area contributed by atoms with Gasteiger partial charge in [0.05, 0.1) is 6.20 Å². The maximum absolute atomic E-state index is 12.3. The van der Waals surface area contributed by atoms with Crippen LogP contribution in [0.1, 0.15) is 38.6 Å². The molecule has 0 bridgehead atoms. The molecule has 2 N–H and O–H groups in total. The van der Waals surface area contributed by atoms with Crippen LogP contribution in [0.4, 0.5) is 11.4 Å². The molecule has 0 atom stereocenters. The Morgan fingerprint density at radius 1 is 1.00 bits per heavy atom. The number of rotatable bonds is 6. The van der Waals surface area contributed by atoms with Crippen molar-refractivity contribution in [3.8, 4) is 11.3 Å². The predicted molar refractivity (Wildman–Crippen MR) is 118 cm³/mol. The average Bonchev–Trinajstić information content (AvgIpc) is 3.15. The summed E-state index contributed by atoms with van der Waals surface area (Å²) in [4.78, 5) is 28.7. The number of oxazole rings is 1. The van der Waals surface area contributed by atoms with Crippen LogP contribution in [0.3, 0.4) is 0 Å². The third kappa shape index (κ3) is 5.80. The average molecular weight is 405 g/mol. The molecule has 2 aromatic carbocycles.